The Labute approximate surface area is 114 Å². The van der Waals surface area contributed by atoms with Crippen molar-refractivity contribution < 1.29 is 23.5 Å². The number of nitrogens with one attached hydrogen (secondary N) is 1. The summed E-state index contributed by atoms with van der Waals surface area (Å²) in [6.45, 7) is 0. The van der Waals surface area contributed by atoms with Crippen LogP contribution in [0.4, 0.5) is 19.6 Å². The number of aromatic nitrogens is 1. The van der Waals surface area contributed by atoms with Crippen LogP contribution in [0.3, 0.4) is 0 Å². The Bertz CT molecular complexity index is 702. The number of halogens is 2. The van der Waals surface area contributed by atoms with E-state index in [-0.39, 0.29) is 16.5 Å². The third-order valence-electron chi connectivity index (χ3n) is 2.29. The third-order valence-corrected chi connectivity index (χ3v) is 2.97. The maximum atomic E-state index is 13.1. The molecule has 104 valence electrons. The lowest BCUT2D eigenvalue weighted by Crippen LogP contribution is -2.16. The van der Waals surface area contributed by atoms with Crippen molar-refractivity contribution in [1.82, 2.24) is 4.98 Å². The summed E-state index contributed by atoms with van der Waals surface area (Å²) >= 11 is 1.01. The molecular weight excluding hydrogens is 292 g/mol. The lowest BCUT2D eigenvalue weighted by molar-refractivity contribution is 0.0697. The Morgan fingerprint density at radius 2 is 1.95 bits per heavy atom. The van der Waals surface area contributed by atoms with Crippen LogP contribution in [0.25, 0.3) is 0 Å². The molecule has 0 spiro atoms. The zero-order valence-electron chi connectivity index (χ0n) is 9.68. The molecule has 2 rings (SSSR count). The number of carbonyl (C=O) groups is 2. The van der Waals surface area contributed by atoms with E-state index >= 15 is 0 Å². The summed E-state index contributed by atoms with van der Waals surface area (Å²) in [6.07, 6.45) is 0. The fourth-order valence-electron chi connectivity index (χ4n) is 1.41. The molecule has 0 saturated carbocycles. The standard InChI is InChI=1S/C11H7F2N3O3S/c12-5-1-4(10(18)19)7(2-6(5)13)15-9(17)8-3-20-11(14)16-8/h1-3H,(H2,14,16)(H,15,17)(H,18,19). The number of carbonyl (C=O) groups excluding carboxylic acids is 1. The minimum absolute atomic E-state index is 0.0476. The Morgan fingerprint density at radius 3 is 2.50 bits per heavy atom. The van der Waals surface area contributed by atoms with Crippen LogP contribution in [0.5, 0.6) is 0 Å². The van der Waals surface area contributed by atoms with Crippen molar-refractivity contribution in [1.29, 1.82) is 0 Å². The lowest BCUT2D eigenvalue weighted by Gasteiger charge is -2.08. The van der Waals surface area contributed by atoms with Gasteiger partial charge in [-0.1, -0.05) is 0 Å². The summed E-state index contributed by atoms with van der Waals surface area (Å²) in [5.41, 5.74) is 4.37. The van der Waals surface area contributed by atoms with Crippen LogP contribution in [0.2, 0.25) is 0 Å². The van der Waals surface area contributed by atoms with Gasteiger partial charge in [-0.2, -0.15) is 0 Å². The minimum atomic E-state index is -1.50. The van der Waals surface area contributed by atoms with E-state index in [1.807, 2.05) is 0 Å². The number of thiazole rings is 1. The Balaban J connectivity index is 2.35. The molecule has 0 fully saturated rings. The number of nitrogen functional groups attached to an aromatic ring is 1. The van der Waals surface area contributed by atoms with Gasteiger partial charge in [-0.25, -0.2) is 18.6 Å². The first kappa shape index (κ1) is 13.9. The summed E-state index contributed by atoms with van der Waals surface area (Å²) in [5.74, 6) is -4.87. The molecule has 0 unspecified atom stereocenters. The maximum Gasteiger partial charge on any atom is 0.337 e. The number of hydrogen-bond donors (Lipinski definition) is 3. The molecule has 1 heterocycles. The van der Waals surface area contributed by atoms with E-state index in [0.29, 0.717) is 12.1 Å². The molecule has 1 aromatic heterocycles. The number of benzene rings is 1. The molecule has 9 heteroatoms. The summed E-state index contributed by atoms with van der Waals surface area (Å²) in [5, 5.41) is 12.6. The van der Waals surface area contributed by atoms with Gasteiger partial charge < -0.3 is 16.2 Å². The quantitative estimate of drug-likeness (QED) is 0.803. The number of hydrogen-bond acceptors (Lipinski definition) is 5. The number of nitrogens with two attached hydrogens (primary N) is 1. The summed E-state index contributed by atoms with van der Waals surface area (Å²) < 4.78 is 26.1. The molecule has 0 atom stereocenters. The van der Waals surface area contributed by atoms with Gasteiger partial charge in [-0.15, -0.1) is 11.3 Å². The number of aromatic carboxylic acids is 1. The van der Waals surface area contributed by atoms with Gasteiger partial charge in [0.2, 0.25) is 0 Å². The van der Waals surface area contributed by atoms with Crippen molar-refractivity contribution in [3.8, 4) is 0 Å². The molecule has 0 saturated heterocycles. The van der Waals surface area contributed by atoms with E-state index in [1.54, 1.807) is 0 Å². The highest BCUT2D eigenvalue weighted by molar-refractivity contribution is 7.13. The largest absolute Gasteiger partial charge is 0.478 e. The van der Waals surface area contributed by atoms with Crippen molar-refractivity contribution in [3.05, 3.63) is 40.4 Å². The molecule has 0 aliphatic carbocycles. The lowest BCUT2D eigenvalue weighted by atomic mass is 10.1. The molecule has 1 aromatic carbocycles. The zero-order valence-corrected chi connectivity index (χ0v) is 10.5. The third kappa shape index (κ3) is 2.72. The highest BCUT2D eigenvalue weighted by Crippen LogP contribution is 2.21. The fourth-order valence-corrected chi connectivity index (χ4v) is 1.95. The number of carboxylic acids is 1. The van der Waals surface area contributed by atoms with E-state index in [2.05, 4.69) is 10.3 Å². The molecule has 0 aliphatic rings. The van der Waals surface area contributed by atoms with Crippen molar-refractivity contribution >= 4 is 34.0 Å². The van der Waals surface area contributed by atoms with Crippen LogP contribution in [-0.4, -0.2) is 22.0 Å². The van der Waals surface area contributed by atoms with E-state index < -0.39 is 29.1 Å². The topological polar surface area (TPSA) is 105 Å². The van der Waals surface area contributed by atoms with Crippen molar-refractivity contribution in [2.75, 3.05) is 11.1 Å². The number of amides is 1. The first-order valence-electron chi connectivity index (χ1n) is 5.13. The molecule has 0 bridgehead atoms. The molecule has 0 radical (unpaired) electrons. The van der Waals surface area contributed by atoms with Gasteiger partial charge in [-0.05, 0) is 6.07 Å². The van der Waals surface area contributed by atoms with Crippen molar-refractivity contribution in [3.63, 3.8) is 0 Å². The predicted molar refractivity (Wildman–Crippen MR) is 67.8 cm³/mol. The zero-order chi connectivity index (χ0) is 14.9. The number of anilines is 2. The van der Waals surface area contributed by atoms with E-state index in [1.165, 1.54) is 5.38 Å². The first-order chi connectivity index (χ1) is 9.38. The van der Waals surface area contributed by atoms with E-state index in [0.717, 1.165) is 11.3 Å². The maximum absolute atomic E-state index is 13.1. The summed E-state index contributed by atoms with van der Waals surface area (Å²) in [6, 6.07) is 1.08. The van der Waals surface area contributed by atoms with Gasteiger partial charge in [-0.3, -0.25) is 4.79 Å². The van der Waals surface area contributed by atoms with Gasteiger partial charge in [0.15, 0.2) is 16.8 Å². The second-order valence-electron chi connectivity index (χ2n) is 3.64. The smallest absolute Gasteiger partial charge is 0.337 e. The fraction of sp³-hybridized carbons (Fsp3) is 0. The summed E-state index contributed by atoms with van der Waals surface area (Å²) in [4.78, 5) is 26.4. The Kier molecular flexibility index (Phi) is 3.61. The second kappa shape index (κ2) is 5.21. The van der Waals surface area contributed by atoms with Crippen LogP contribution in [0, 0.1) is 11.6 Å². The normalized spacial score (nSPS) is 10.3. The molecular formula is C11H7F2N3O3S. The monoisotopic (exact) mass is 299 g/mol. The van der Waals surface area contributed by atoms with Gasteiger partial charge in [0.25, 0.3) is 5.91 Å². The second-order valence-corrected chi connectivity index (χ2v) is 4.53. The van der Waals surface area contributed by atoms with E-state index in [9.17, 15) is 18.4 Å². The van der Waals surface area contributed by atoms with Crippen LogP contribution in [0.15, 0.2) is 17.5 Å². The number of rotatable bonds is 3. The molecule has 2 aromatic rings. The Hall–Kier alpha value is -2.55. The average molecular weight is 299 g/mol. The molecule has 4 N–H and O–H groups in total. The van der Waals surface area contributed by atoms with Crippen molar-refractivity contribution in [2.24, 2.45) is 0 Å². The molecule has 1 amide bonds. The van der Waals surface area contributed by atoms with Gasteiger partial charge >= 0.3 is 5.97 Å². The van der Waals surface area contributed by atoms with Gasteiger partial charge in [0, 0.05) is 11.4 Å². The van der Waals surface area contributed by atoms with Crippen LogP contribution >= 0.6 is 11.3 Å². The average Bonchev–Trinajstić information content (AvgIpc) is 2.80. The van der Waals surface area contributed by atoms with Crippen molar-refractivity contribution in [2.45, 2.75) is 0 Å². The summed E-state index contributed by atoms with van der Waals surface area (Å²) in [7, 11) is 0. The first-order valence-corrected chi connectivity index (χ1v) is 6.01. The van der Waals surface area contributed by atoms with Crippen LogP contribution < -0.4 is 11.1 Å². The van der Waals surface area contributed by atoms with Crippen LogP contribution in [-0.2, 0) is 0 Å². The molecule has 20 heavy (non-hydrogen) atoms. The molecule has 0 aliphatic heterocycles. The highest BCUT2D eigenvalue weighted by Gasteiger charge is 2.18. The van der Waals surface area contributed by atoms with E-state index in [4.69, 9.17) is 10.8 Å². The minimum Gasteiger partial charge on any atom is -0.478 e. The predicted octanol–water partition coefficient (Wildman–Crippen LogP) is 1.95. The number of nitrogens with zero attached hydrogens (tertiary/aromatic N) is 1. The highest BCUT2D eigenvalue weighted by atomic mass is 32.1. The Morgan fingerprint density at radius 1 is 1.30 bits per heavy atom. The SMILES string of the molecule is Nc1nc(C(=O)Nc2cc(F)c(F)cc2C(=O)O)cs1. The van der Waals surface area contributed by atoms with Crippen LogP contribution in [0.1, 0.15) is 20.8 Å². The molecule has 6 nitrogen and oxygen atoms in total. The van der Waals surface area contributed by atoms with Gasteiger partial charge in [0.05, 0.1) is 11.3 Å². The van der Waals surface area contributed by atoms with Gasteiger partial charge in [0.1, 0.15) is 5.69 Å². The number of carboxylic acid groups (broad SMARTS) is 1.